The third-order valence-corrected chi connectivity index (χ3v) is 8.13. The largest absolute Gasteiger partial charge is 0.458 e. The minimum absolute atomic E-state index is 0.124. The molecule has 0 fully saturated rings. The molecule has 34 heavy (non-hydrogen) atoms. The number of cyclic esters (lactones) is 1. The van der Waals surface area contributed by atoms with Crippen molar-refractivity contribution in [3.63, 3.8) is 0 Å². The van der Waals surface area contributed by atoms with Crippen LogP contribution >= 0.6 is 11.8 Å². The lowest BCUT2D eigenvalue weighted by molar-refractivity contribution is -0.172. The number of thioether (sulfide) groups is 1. The molecular formula is C26H25N3O4S. The number of carbonyl (C=O) groups is 1. The normalized spacial score (nSPS) is 20.1. The number of hydrogen-bond acceptors (Lipinski definition) is 7. The van der Waals surface area contributed by atoms with Crippen molar-refractivity contribution in [2.24, 2.45) is 0 Å². The molecule has 7 nitrogen and oxygen atoms in total. The smallest absolute Gasteiger partial charge is 0.343 e. The van der Waals surface area contributed by atoms with E-state index in [4.69, 9.17) is 9.72 Å². The molecular weight excluding hydrogens is 450 g/mol. The Morgan fingerprint density at radius 1 is 1.29 bits per heavy atom. The van der Waals surface area contributed by atoms with Gasteiger partial charge in [-0.1, -0.05) is 18.7 Å². The first-order valence-electron chi connectivity index (χ1n) is 11.5. The van der Waals surface area contributed by atoms with Gasteiger partial charge in [-0.05, 0) is 61.9 Å². The second kappa shape index (κ2) is 7.20. The highest BCUT2D eigenvalue weighted by Gasteiger charge is 2.45. The van der Waals surface area contributed by atoms with Crippen molar-refractivity contribution >= 4 is 39.9 Å². The minimum atomic E-state index is -1.83. The zero-order valence-corrected chi connectivity index (χ0v) is 20.3. The monoisotopic (exact) mass is 475 g/mol. The molecule has 0 saturated carbocycles. The predicted octanol–water partition coefficient (Wildman–Crippen LogP) is 4.37. The predicted molar refractivity (Wildman–Crippen MR) is 133 cm³/mol. The first-order chi connectivity index (χ1) is 16.2. The van der Waals surface area contributed by atoms with Crippen LogP contribution < -0.4 is 10.9 Å². The molecule has 2 aromatic heterocycles. The molecule has 0 radical (unpaired) electrons. The van der Waals surface area contributed by atoms with Crippen LogP contribution in [0.3, 0.4) is 0 Å². The summed E-state index contributed by atoms with van der Waals surface area (Å²) in [6.45, 7) is 8.30. The average molecular weight is 476 g/mol. The highest BCUT2D eigenvalue weighted by Crippen LogP contribution is 2.49. The van der Waals surface area contributed by atoms with Crippen molar-refractivity contribution in [2.45, 2.75) is 63.8 Å². The molecule has 174 valence electrons. The zero-order valence-electron chi connectivity index (χ0n) is 19.5. The Labute approximate surface area is 200 Å². The van der Waals surface area contributed by atoms with Crippen molar-refractivity contribution < 1.29 is 14.6 Å². The van der Waals surface area contributed by atoms with Gasteiger partial charge in [0.1, 0.15) is 6.61 Å². The first kappa shape index (κ1) is 21.4. The average Bonchev–Trinajstić information content (AvgIpc) is 3.18. The van der Waals surface area contributed by atoms with E-state index in [1.165, 1.54) is 0 Å². The van der Waals surface area contributed by atoms with Crippen LogP contribution in [0.15, 0.2) is 33.3 Å². The van der Waals surface area contributed by atoms with Crippen LogP contribution in [0.25, 0.3) is 27.9 Å². The topological polar surface area (TPSA) is 93.5 Å². The Hall–Kier alpha value is -3.10. The van der Waals surface area contributed by atoms with E-state index in [2.05, 4.69) is 37.6 Å². The van der Waals surface area contributed by atoms with E-state index in [0.717, 1.165) is 43.9 Å². The van der Waals surface area contributed by atoms with Gasteiger partial charge in [0.15, 0.2) is 5.60 Å². The molecule has 3 aromatic rings. The van der Waals surface area contributed by atoms with Crippen LogP contribution in [0.1, 0.15) is 56.4 Å². The van der Waals surface area contributed by atoms with Gasteiger partial charge in [-0.2, -0.15) is 0 Å². The molecule has 3 aliphatic heterocycles. The van der Waals surface area contributed by atoms with Crippen LogP contribution in [0.2, 0.25) is 0 Å². The number of carbonyl (C=O) groups excluding carboxylic acids is 1. The molecule has 2 N–H and O–H groups in total. The van der Waals surface area contributed by atoms with Gasteiger partial charge in [-0.3, -0.25) is 4.79 Å². The molecule has 0 amide bonds. The maximum atomic E-state index is 13.5. The second-order valence-electron chi connectivity index (χ2n) is 9.47. The Morgan fingerprint density at radius 2 is 2.09 bits per heavy atom. The molecule has 8 heteroatoms. The Balaban J connectivity index is 1.65. The Morgan fingerprint density at radius 3 is 2.82 bits per heavy atom. The number of pyridine rings is 2. The van der Waals surface area contributed by atoms with E-state index in [9.17, 15) is 14.7 Å². The van der Waals surface area contributed by atoms with E-state index >= 15 is 0 Å². The number of fused-ring (bicyclic) bond motifs is 5. The molecule has 0 unspecified atom stereocenters. The number of aliphatic hydroxyl groups is 1. The highest BCUT2D eigenvalue weighted by molar-refractivity contribution is 8.02. The third kappa shape index (κ3) is 2.72. The molecule has 1 aromatic carbocycles. The number of anilines is 1. The molecule has 0 aliphatic carbocycles. The minimum Gasteiger partial charge on any atom is -0.458 e. The molecule has 6 rings (SSSR count). The van der Waals surface area contributed by atoms with Crippen LogP contribution in [-0.4, -0.2) is 26.7 Å². The highest BCUT2D eigenvalue weighted by atomic mass is 32.2. The number of ether oxygens (including phenoxy) is 1. The Kier molecular flexibility index (Phi) is 4.54. The lowest BCUT2D eigenvalue weighted by Gasteiger charge is -2.31. The number of nitrogens with zero attached hydrogens (tertiary/aromatic N) is 2. The van der Waals surface area contributed by atoms with Crippen molar-refractivity contribution in [2.75, 3.05) is 5.32 Å². The summed E-state index contributed by atoms with van der Waals surface area (Å²) >= 11 is 1.69. The number of allylic oxidation sites excluding steroid dienone is 1. The van der Waals surface area contributed by atoms with Crippen LogP contribution in [-0.2, 0) is 28.3 Å². The van der Waals surface area contributed by atoms with Crippen molar-refractivity contribution in [3.8, 4) is 11.4 Å². The summed E-state index contributed by atoms with van der Waals surface area (Å²) in [5.74, 6) is -0.711. The standard InChI is InChI=1S/C26H25N3O4S/c1-5-26(32)16-8-19-22-14(9-29(19)24(30)15(16)10-33-25(26)31)20-13(4)11-34-23-18(27-12(2)3)7-6-17(28-22)21(20)23/h6-8,11-12,27,32H,5,9-10H2,1-4H3/t26-/m0/s1. The number of benzene rings is 1. The van der Waals surface area contributed by atoms with E-state index in [-0.39, 0.29) is 18.6 Å². The number of aromatic nitrogens is 2. The van der Waals surface area contributed by atoms with Crippen LogP contribution in [0.4, 0.5) is 5.69 Å². The molecule has 0 bridgehead atoms. The van der Waals surface area contributed by atoms with Gasteiger partial charge in [0.05, 0.1) is 29.0 Å². The summed E-state index contributed by atoms with van der Waals surface area (Å²) in [5, 5.41) is 17.9. The van der Waals surface area contributed by atoms with Crippen molar-refractivity contribution in [3.05, 3.63) is 56.2 Å². The SMILES string of the molecule is CC[C@@]1(O)C(=O)OCc2c1cc1n(c2=O)Cc2c-1nc1ccc(NC(C)C)c3c1c2C(C)=CS3. The lowest BCUT2D eigenvalue weighted by Crippen LogP contribution is -2.44. The van der Waals surface area contributed by atoms with E-state index in [1.54, 1.807) is 29.3 Å². The van der Waals surface area contributed by atoms with Gasteiger partial charge >= 0.3 is 5.97 Å². The maximum Gasteiger partial charge on any atom is 0.343 e. The summed E-state index contributed by atoms with van der Waals surface area (Å²) < 4.78 is 6.88. The maximum absolute atomic E-state index is 13.5. The summed E-state index contributed by atoms with van der Waals surface area (Å²) in [6, 6.07) is 6.14. The molecule has 3 aliphatic rings. The van der Waals surface area contributed by atoms with Gasteiger partial charge in [-0.25, -0.2) is 9.78 Å². The van der Waals surface area contributed by atoms with Crippen LogP contribution in [0, 0.1) is 0 Å². The fourth-order valence-electron chi connectivity index (χ4n) is 5.33. The molecule has 5 heterocycles. The number of hydrogen-bond donors (Lipinski definition) is 2. The van der Waals surface area contributed by atoms with E-state index in [0.29, 0.717) is 29.4 Å². The van der Waals surface area contributed by atoms with Crippen LogP contribution in [0.5, 0.6) is 0 Å². The van der Waals surface area contributed by atoms with Gasteiger partial charge in [0.2, 0.25) is 0 Å². The Bertz CT molecular complexity index is 1520. The molecule has 0 spiro atoms. The number of rotatable bonds is 3. The quantitative estimate of drug-likeness (QED) is 0.425. The van der Waals surface area contributed by atoms with Gasteiger partial charge in [0.25, 0.3) is 5.56 Å². The second-order valence-corrected chi connectivity index (χ2v) is 10.4. The summed E-state index contributed by atoms with van der Waals surface area (Å²) in [4.78, 5) is 32.1. The third-order valence-electron chi connectivity index (χ3n) is 7.00. The van der Waals surface area contributed by atoms with E-state index in [1.807, 2.05) is 6.07 Å². The fourth-order valence-corrected chi connectivity index (χ4v) is 6.32. The van der Waals surface area contributed by atoms with Gasteiger partial charge < -0.3 is 19.7 Å². The van der Waals surface area contributed by atoms with Gasteiger partial charge in [-0.15, -0.1) is 0 Å². The van der Waals surface area contributed by atoms with Crippen molar-refractivity contribution in [1.29, 1.82) is 0 Å². The summed E-state index contributed by atoms with van der Waals surface area (Å²) in [6.07, 6.45) is 0.124. The summed E-state index contributed by atoms with van der Waals surface area (Å²) in [5.41, 5.74) is 5.16. The molecule has 0 saturated heterocycles. The zero-order chi connectivity index (χ0) is 23.9. The van der Waals surface area contributed by atoms with Crippen molar-refractivity contribution in [1.82, 2.24) is 9.55 Å². The summed E-state index contributed by atoms with van der Waals surface area (Å²) in [7, 11) is 0. The first-order valence-corrected chi connectivity index (χ1v) is 12.4. The van der Waals surface area contributed by atoms with E-state index < -0.39 is 11.6 Å². The number of nitrogens with one attached hydrogen (secondary N) is 1. The number of esters is 1. The lowest BCUT2D eigenvalue weighted by atomic mass is 9.86. The fraction of sp³-hybridized carbons (Fsp3) is 0.346. The molecule has 1 atom stereocenters. The van der Waals surface area contributed by atoms with Gasteiger partial charge in [0, 0.05) is 33.1 Å².